The molecule has 0 heterocycles. The molecule has 0 spiro atoms. The molecule has 1 saturated carbocycles. The Morgan fingerprint density at radius 2 is 2.00 bits per heavy atom. The van der Waals surface area contributed by atoms with Gasteiger partial charge >= 0.3 is 0 Å². The number of hydrogen-bond acceptors (Lipinski definition) is 2. The Bertz CT molecular complexity index is 461. The zero-order chi connectivity index (χ0) is 14.8. The molecular formula is C17H26ClNO. The first-order valence-electron chi connectivity index (χ1n) is 7.50. The van der Waals surface area contributed by atoms with Crippen LogP contribution in [-0.4, -0.2) is 17.7 Å². The van der Waals surface area contributed by atoms with Gasteiger partial charge in [0.25, 0.3) is 0 Å². The Hall–Kier alpha value is -0.730. The average molecular weight is 296 g/mol. The van der Waals surface area contributed by atoms with Gasteiger partial charge in [-0.1, -0.05) is 17.7 Å². The SMILES string of the molecule is Cc1ccc(OC2(CCNC(C)(C)C)CCC2)c(Cl)c1. The second kappa shape index (κ2) is 5.95. The van der Waals surface area contributed by atoms with Crippen LogP contribution in [0.4, 0.5) is 0 Å². The van der Waals surface area contributed by atoms with Crippen LogP contribution in [0.2, 0.25) is 5.02 Å². The highest BCUT2D eigenvalue weighted by Gasteiger charge is 2.39. The van der Waals surface area contributed by atoms with Crippen LogP contribution in [0.3, 0.4) is 0 Å². The quantitative estimate of drug-likeness (QED) is 0.848. The van der Waals surface area contributed by atoms with Crippen molar-refractivity contribution in [2.75, 3.05) is 6.54 Å². The lowest BCUT2D eigenvalue weighted by molar-refractivity contribution is -0.0151. The smallest absolute Gasteiger partial charge is 0.138 e. The van der Waals surface area contributed by atoms with E-state index >= 15 is 0 Å². The molecule has 1 fully saturated rings. The second-order valence-corrected chi connectivity index (χ2v) is 7.41. The second-order valence-electron chi connectivity index (χ2n) is 7.00. The molecule has 0 amide bonds. The summed E-state index contributed by atoms with van der Waals surface area (Å²) in [4.78, 5) is 0. The molecule has 1 aliphatic carbocycles. The molecule has 0 aliphatic heterocycles. The van der Waals surface area contributed by atoms with Crippen LogP contribution < -0.4 is 10.1 Å². The third kappa shape index (κ3) is 4.13. The van der Waals surface area contributed by atoms with Crippen LogP contribution in [0.1, 0.15) is 52.0 Å². The fraction of sp³-hybridized carbons (Fsp3) is 0.647. The van der Waals surface area contributed by atoms with Crippen LogP contribution >= 0.6 is 11.6 Å². The Balaban J connectivity index is 1.97. The van der Waals surface area contributed by atoms with Gasteiger partial charge in [-0.2, -0.15) is 0 Å². The lowest BCUT2D eigenvalue weighted by Gasteiger charge is -2.43. The lowest BCUT2D eigenvalue weighted by Crippen LogP contribution is -2.47. The number of halogens is 1. The highest BCUT2D eigenvalue weighted by Crippen LogP contribution is 2.41. The van der Waals surface area contributed by atoms with E-state index in [0.717, 1.165) is 36.6 Å². The van der Waals surface area contributed by atoms with E-state index in [4.69, 9.17) is 16.3 Å². The zero-order valence-electron chi connectivity index (χ0n) is 13.1. The first-order valence-corrected chi connectivity index (χ1v) is 7.88. The van der Waals surface area contributed by atoms with Crippen LogP contribution in [0.25, 0.3) is 0 Å². The number of aryl methyl sites for hydroxylation is 1. The lowest BCUT2D eigenvalue weighted by atomic mass is 9.77. The fourth-order valence-electron chi connectivity index (χ4n) is 2.56. The molecular weight excluding hydrogens is 270 g/mol. The van der Waals surface area contributed by atoms with Crippen LogP contribution in [0.15, 0.2) is 18.2 Å². The summed E-state index contributed by atoms with van der Waals surface area (Å²) >= 11 is 6.28. The first kappa shape index (κ1) is 15.7. The highest BCUT2D eigenvalue weighted by atomic mass is 35.5. The molecule has 0 unspecified atom stereocenters. The van der Waals surface area contributed by atoms with E-state index in [1.807, 2.05) is 19.1 Å². The van der Waals surface area contributed by atoms with Crippen molar-refractivity contribution < 1.29 is 4.74 Å². The predicted molar refractivity (Wildman–Crippen MR) is 85.8 cm³/mol. The van der Waals surface area contributed by atoms with Gasteiger partial charge in [-0.25, -0.2) is 0 Å². The minimum atomic E-state index is -0.0167. The minimum Gasteiger partial charge on any atom is -0.486 e. The van der Waals surface area contributed by atoms with Gasteiger partial charge in [0, 0.05) is 5.54 Å². The highest BCUT2D eigenvalue weighted by molar-refractivity contribution is 6.32. The van der Waals surface area contributed by atoms with Crippen molar-refractivity contribution >= 4 is 11.6 Å². The van der Waals surface area contributed by atoms with Crippen molar-refractivity contribution in [3.05, 3.63) is 28.8 Å². The Morgan fingerprint density at radius 3 is 2.50 bits per heavy atom. The minimum absolute atomic E-state index is 0.0167. The van der Waals surface area contributed by atoms with Gasteiger partial charge in [0.05, 0.1) is 5.02 Å². The summed E-state index contributed by atoms with van der Waals surface area (Å²) in [7, 11) is 0. The number of benzene rings is 1. The third-order valence-corrected chi connectivity index (χ3v) is 4.21. The van der Waals surface area contributed by atoms with Crippen LogP contribution in [0, 0.1) is 6.92 Å². The van der Waals surface area contributed by atoms with Crippen LogP contribution in [-0.2, 0) is 0 Å². The summed E-state index contributed by atoms with van der Waals surface area (Å²) in [5, 5.41) is 4.26. The monoisotopic (exact) mass is 295 g/mol. The number of nitrogens with one attached hydrogen (secondary N) is 1. The van der Waals surface area contributed by atoms with Crippen molar-refractivity contribution in [3.63, 3.8) is 0 Å². The van der Waals surface area contributed by atoms with E-state index < -0.39 is 0 Å². The molecule has 20 heavy (non-hydrogen) atoms. The van der Waals surface area contributed by atoms with Crippen molar-refractivity contribution in [2.24, 2.45) is 0 Å². The summed E-state index contributed by atoms with van der Waals surface area (Å²) in [6, 6.07) is 6.02. The maximum atomic E-state index is 6.28. The molecule has 1 N–H and O–H groups in total. The number of rotatable bonds is 5. The van der Waals surface area contributed by atoms with Crippen molar-refractivity contribution in [2.45, 2.75) is 64.5 Å². The van der Waals surface area contributed by atoms with Gasteiger partial charge in [-0.3, -0.25) is 0 Å². The molecule has 0 saturated heterocycles. The summed E-state index contributed by atoms with van der Waals surface area (Å²) < 4.78 is 6.27. The third-order valence-electron chi connectivity index (χ3n) is 3.91. The van der Waals surface area contributed by atoms with Crippen LogP contribution in [0.5, 0.6) is 5.75 Å². The maximum absolute atomic E-state index is 6.28. The molecule has 1 aliphatic rings. The fourth-order valence-corrected chi connectivity index (χ4v) is 2.84. The molecule has 1 aromatic carbocycles. The summed E-state index contributed by atoms with van der Waals surface area (Å²) in [5.41, 5.74) is 1.31. The van der Waals surface area contributed by atoms with E-state index in [1.165, 1.54) is 12.0 Å². The number of hydrogen-bond donors (Lipinski definition) is 1. The molecule has 0 radical (unpaired) electrons. The average Bonchev–Trinajstić information content (AvgIpc) is 2.27. The van der Waals surface area contributed by atoms with E-state index in [-0.39, 0.29) is 11.1 Å². The van der Waals surface area contributed by atoms with Crippen molar-refractivity contribution in [3.8, 4) is 5.75 Å². The Kier molecular flexibility index (Phi) is 4.66. The van der Waals surface area contributed by atoms with E-state index in [0.29, 0.717) is 0 Å². The molecule has 0 aromatic heterocycles. The van der Waals surface area contributed by atoms with Crippen molar-refractivity contribution in [1.29, 1.82) is 0 Å². The maximum Gasteiger partial charge on any atom is 0.138 e. The normalized spacial score (nSPS) is 17.6. The molecule has 2 rings (SSSR count). The predicted octanol–water partition coefficient (Wildman–Crippen LogP) is 4.73. The van der Waals surface area contributed by atoms with E-state index in [2.05, 4.69) is 32.2 Å². The molecule has 3 heteroatoms. The van der Waals surface area contributed by atoms with Gasteiger partial charge in [0.15, 0.2) is 0 Å². The molecule has 2 nitrogen and oxygen atoms in total. The van der Waals surface area contributed by atoms with Crippen molar-refractivity contribution in [1.82, 2.24) is 5.32 Å². The molecule has 112 valence electrons. The first-order chi connectivity index (χ1) is 9.30. The number of ether oxygens (including phenoxy) is 1. The van der Waals surface area contributed by atoms with E-state index in [1.54, 1.807) is 0 Å². The van der Waals surface area contributed by atoms with Gasteiger partial charge in [0.2, 0.25) is 0 Å². The standard InChI is InChI=1S/C17H26ClNO/c1-13-6-7-15(14(18)12-13)20-17(8-5-9-17)10-11-19-16(2,3)4/h6-7,12,19H,5,8-11H2,1-4H3. The topological polar surface area (TPSA) is 21.3 Å². The molecule has 1 aromatic rings. The van der Waals surface area contributed by atoms with E-state index in [9.17, 15) is 0 Å². The zero-order valence-corrected chi connectivity index (χ0v) is 13.8. The summed E-state index contributed by atoms with van der Waals surface area (Å²) in [6.07, 6.45) is 4.54. The molecule has 0 bridgehead atoms. The largest absolute Gasteiger partial charge is 0.486 e. The summed E-state index contributed by atoms with van der Waals surface area (Å²) in [6.45, 7) is 9.60. The molecule has 0 atom stereocenters. The Labute approximate surface area is 127 Å². The summed E-state index contributed by atoms with van der Waals surface area (Å²) in [5.74, 6) is 0.827. The van der Waals surface area contributed by atoms with Gasteiger partial charge in [0.1, 0.15) is 11.4 Å². The Morgan fingerprint density at radius 1 is 1.30 bits per heavy atom. The van der Waals surface area contributed by atoms with Gasteiger partial charge in [-0.15, -0.1) is 0 Å². The van der Waals surface area contributed by atoms with Gasteiger partial charge < -0.3 is 10.1 Å². The van der Waals surface area contributed by atoms with Gasteiger partial charge in [-0.05, 0) is 77.6 Å².